The third kappa shape index (κ3) is 3.01. The van der Waals surface area contributed by atoms with Gasteiger partial charge in [-0.15, -0.1) is 0 Å². The Morgan fingerprint density at radius 2 is 2.37 bits per heavy atom. The summed E-state index contributed by atoms with van der Waals surface area (Å²) >= 11 is 0. The summed E-state index contributed by atoms with van der Waals surface area (Å²) in [6.45, 7) is 3.75. The van der Waals surface area contributed by atoms with Crippen molar-refractivity contribution in [2.45, 2.75) is 32.8 Å². The molecule has 2 aromatic heterocycles. The molecule has 0 aliphatic rings. The molecule has 0 N–H and O–H groups in total. The maximum absolute atomic E-state index is 11.9. The molecule has 0 spiro atoms. The number of carbonyl (C=O) groups is 1. The van der Waals surface area contributed by atoms with E-state index < -0.39 is 12.1 Å². The summed E-state index contributed by atoms with van der Waals surface area (Å²) in [5.74, 6) is 0.556. The van der Waals surface area contributed by atoms with E-state index in [0.717, 1.165) is 12.8 Å². The number of rotatable bonds is 5. The molecular formula is C13H17N3O3. The molecule has 2 aromatic rings. The minimum atomic E-state index is -0.555. The number of nitrogens with zero attached hydrogens (tertiary/aromatic N) is 3. The lowest BCUT2D eigenvalue weighted by molar-refractivity contribution is 0.0254. The van der Waals surface area contributed by atoms with E-state index in [2.05, 4.69) is 10.1 Å². The molecule has 0 aromatic carbocycles. The fourth-order valence-corrected chi connectivity index (χ4v) is 1.70. The average Bonchev–Trinajstić information content (AvgIpc) is 2.98. The van der Waals surface area contributed by atoms with E-state index >= 15 is 0 Å². The standard InChI is InChI=1S/C13H17N3O3/c1-4-6-11-14-12(19-15-11)9(2)18-13(17)10-7-5-8-16(10)3/h5,7-9H,4,6H2,1-3H3. The molecule has 0 radical (unpaired) electrons. The van der Waals surface area contributed by atoms with E-state index in [1.54, 1.807) is 36.9 Å². The van der Waals surface area contributed by atoms with E-state index in [-0.39, 0.29) is 0 Å². The third-order valence-corrected chi connectivity index (χ3v) is 2.74. The highest BCUT2D eigenvalue weighted by atomic mass is 16.6. The smallest absolute Gasteiger partial charge is 0.355 e. The van der Waals surface area contributed by atoms with Crippen molar-refractivity contribution in [2.24, 2.45) is 7.05 Å². The van der Waals surface area contributed by atoms with Gasteiger partial charge in [-0.05, 0) is 25.5 Å². The van der Waals surface area contributed by atoms with Crippen molar-refractivity contribution in [2.75, 3.05) is 0 Å². The van der Waals surface area contributed by atoms with Crippen LogP contribution in [0.3, 0.4) is 0 Å². The van der Waals surface area contributed by atoms with Gasteiger partial charge in [-0.1, -0.05) is 12.1 Å². The van der Waals surface area contributed by atoms with Gasteiger partial charge in [0.05, 0.1) is 0 Å². The van der Waals surface area contributed by atoms with Crippen LogP contribution in [0.1, 0.15) is 48.6 Å². The highest BCUT2D eigenvalue weighted by Crippen LogP contribution is 2.17. The molecule has 0 fully saturated rings. The molecule has 0 saturated heterocycles. The second-order valence-electron chi connectivity index (χ2n) is 4.35. The maximum atomic E-state index is 11.9. The maximum Gasteiger partial charge on any atom is 0.355 e. The minimum absolute atomic E-state index is 0.325. The van der Waals surface area contributed by atoms with Gasteiger partial charge in [0.1, 0.15) is 5.69 Å². The summed E-state index contributed by atoms with van der Waals surface area (Å²) in [7, 11) is 1.79. The van der Waals surface area contributed by atoms with Gasteiger partial charge >= 0.3 is 5.97 Å². The van der Waals surface area contributed by atoms with E-state index in [9.17, 15) is 4.79 Å². The molecule has 19 heavy (non-hydrogen) atoms. The van der Waals surface area contributed by atoms with Gasteiger partial charge in [-0.3, -0.25) is 0 Å². The van der Waals surface area contributed by atoms with Crippen LogP contribution in [-0.2, 0) is 18.2 Å². The second-order valence-corrected chi connectivity index (χ2v) is 4.35. The van der Waals surface area contributed by atoms with E-state index in [0.29, 0.717) is 17.4 Å². The van der Waals surface area contributed by atoms with E-state index in [1.807, 2.05) is 6.92 Å². The molecule has 1 unspecified atom stereocenters. The van der Waals surface area contributed by atoms with Crippen LogP contribution in [-0.4, -0.2) is 20.7 Å². The fraction of sp³-hybridized carbons (Fsp3) is 0.462. The topological polar surface area (TPSA) is 70.2 Å². The molecule has 6 heteroatoms. The van der Waals surface area contributed by atoms with Crippen molar-refractivity contribution < 1.29 is 14.1 Å². The van der Waals surface area contributed by atoms with Gasteiger partial charge in [0.25, 0.3) is 5.89 Å². The van der Waals surface area contributed by atoms with Gasteiger partial charge in [-0.25, -0.2) is 4.79 Å². The number of aryl methyl sites for hydroxylation is 2. The van der Waals surface area contributed by atoms with Crippen LogP contribution >= 0.6 is 0 Å². The van der Waals surface area contributed by atoms with Gasteiger partial charge in [-0.2, -0.15) is 4.98 Å². The number of ether oxygens (including phenoxy) is 1. The average molecular weight is 263 g/mol. The third-order valence-electron chi connectivity index (χ3n) is 2.74. The fourth-order valence-electron chi connectivity index (χ4n) is 1.70. The quantitative estimate of drug-likeness (QED) is 0.774. The first-order valence-corrected chi connectivity index (χ1v) is 6.26. The first-order valence-electron chi connectivity index (χ1n) is 6.26. The van der Waals surface area contributed by atoms with Crippen LogP contribution in [0.2, 0.25) is 0 Å². The Bertz CT molecular complexity index is 559. The number of hydrogen-bond acceptors (Lipinski definition) is 5. The van der Waals surface area contributed by atoms with Crippen molar-refractivity contribution in [1.29, 1.82) is 0 Å². The zero-order valence-electron chi connectivity index (χ0n) is 11.3. The minimum Gasteiger partial charge on any atom is -0.448 e. The lowest BCUT2D eigenvalue weighted by Crippen LogP contribution is -2.12. The predicted octanol–water partition coefficient (Wildman–Crippen LogP) is 2.28. The number of esters is 1. The SMILES string of the molecule is CCCc1noc(C(C)OC(=O)c2cccn2C)n1. The molecule has 2 rings (SSSR count). The number of hydrogen-bond donors (Lipinski definition) is 0. The van der Waals surface area contributed by atoms with Gasteiger partial charge < -0.3 is 13.8 Å². The van der Waals surface area contributed by atoms with Crippen LogP contribution in [0.25, 0.3) is 0 Å². The van der Waals surface area contributed by atoms with Crippen molar-refractivity contribution in [3.05, 3.63) is 35.7 Å². The summed E-state index contributed by atoms with van der Waals surface area (Å²) in [5.41, 5.74) is 0.486. The highest BCUT2D eigenvalue weighted by molar-refractivity contribution is 5.87. The highest BCUT2D eigenvalue weighted by Gasteiger charge is 2.20. The first kappa shape index (κ1) is 13.3. The molecule has 0 saturated carbocycles. The molecule has 0 amide bonds. The molecular weight excluding hydrogens is 246 g/mol. The molecule has 2 heterocycles. The monoisotopic (exact) mass is 263 g/mol. The first-order chi connectivity index (χ1) is 9.11. The van der Waals surface area contributed by atoms with Crippen molar-refractivity contribution in [1.82, 2.24) is 14.7 Å². The Hall–Kier alpha value is -2.11. The lowest BCUT2D eigenvalue weighted by Gasteiger charge is -2.09. The Balaban J connectivity index is 2.02. The van der Waals surface area contributed by atoms with Crippen LogP contribution in [0.5, 0.6) is 0 Å². The summed E-state index contributed by atoms with van der Waals surface area (Å²) < 4.78 is 12.1. The zero-order valence-corrected chi connectivity index (χ0v) is 11.3. The van der Waals surface area contributed by atoms with E-state index in [1.165, 1.54) is 0 Å². The van der Waals surface area contributed by atoms with E-state index in [4.69, 9.17) is 9.26 Å². The van der Waals surface area contributed by atoms with Crippen LogP contribution in [0, 0.1) is 0 Å². The number of carbonyl (C=O) groups excluding carboxylic acids is 1. The zero-order chi connectivity index (χ0) is 13.8. The predicted molar refractivity (Wildman–Crippen MR) is 67.5 cm³/mol. The molecule has 0 bridgehead atoms. The van der Waals surface area contributed by atoms with Crippen molar-refractivity contribution >= 4 is 5.97 Å². The van der Waals surface area contributed by atoms with Crippen LogP contribution < -0.4 is 0 Å². The Morgan fingerprint density at radius 3 is 3.00 bits per heavy atom. The molecule has 1 atom stereocenters. The molecule has 0 aliphatic heterocycles. The van der Waals surface area contributed by atoms with Crippen LogP contribution in [0.4, 0.5) is 0 Å². The van der Waals surface area contributed by atoms with Gasteiger partial charge in [0.15, 0.2) is 11.9 Å². The van der Waals surface area contributed by atoms with Crippen molar-refractivity contribution in [3.63, 3.8) is 0 Å². The lowest BCUT2D eigenvalue weighted by atomic mass is 10.3. The molecule has 0 aliphatic carbocycles. The summed E-state index contributed by atoms with van der Waals surface area (Å²) in [5, 5.41) is 3.83. The molecule has 102 valence electrons. The Labute approximate surface area is 111 Å². The molecule has 6 nitrogen and oxygen atoms in total. The van der Waals surface area contributed by atoms with Crippen LogP contribution in [0.15, 0.2) is 22.9 Å². The largest absolute Gasteiger partial charge is 0.448 e. The van der Waals surface area contributed by atoms with Crippen molar-refractivity contribution in [3.8, 4) is 0 Å². The second kappa shape index (κ2) is 5.69. The Morgan fingerprint density at radius 1 is 1.58 bits per heavy atom. The van der Waals surface area contributed by atoms with Gasteiger partial charge in [0.2, 0.25) is 0 Å². The summed E-state index contributed by atoms with van der Waals surface area (Å²) in [4.78, 5) is 16.1. The number of aromatic nitrogens is 3. The summed E-state index contributed by atoms with van der Waals surface area (Å²) in [6, 6.07) is 3.48. The van der Waals surface area contributed by atoms with Gasteiger partial charge in [0, 0.05) is 19.7 Å². The Kier molecular flexibility index (Phi) is 3.99. The summed E-state index contributed by atoms with van der Waals surface area (Å²) in [6.07, 6.45) is 2.92. The normalized spacial score (nSPS) is 12.4.